The van der Waals surface area contributed by atoms with E-state index < -0.39 is 5.41 Å². The van der Waals surface area contributed by atoms with E-state index in [1.807, 2.05) is 63.5 Å². The van der Waals surface area contributed by atoms with Crippen molar-refractivity contribution in [3.8, 4) is 5.75 Å². The second-order valence-electron chi connectivity index (χ2n) is 6.53. The Morgan fingerprint density at radius 3 is 2.32 bits per heavy atom. The fraction of sp³-hybridized carbons (Fsp3) is 0.381. The molecule has 2 aromatic rings. The third-order valence-corrected chi connectivity index (χ3v) is 4.46. The van der Waals surface area contributed by atoms with Gasteiger partial charge in [0.2, 0.25) is 0 Å². The molecule has 0 aliphatic carbocycles. The van der Waals surface area contributed by atoms with Crippen LogP contribution in [0.15, 0.2) is 54.6 Å². The Balaban J connectivity index is 2.53. The molecule has 0 heterocycles. The maximum Gasteiger partial charge on any atom is 0.316 e. The SMILES string of the molecule is CCOC(=O)C(CCN(C)C)(Cc1ccccc1O)c1ccccc1. The zero-order valence-electron chi connectivity index (χ0n) is 15.2. The van der Waals surface area contributed by atoms with Gasteiger partial charge in [0.25, 0.3) is 0 Å². The Labute approximate surface area is 150 Å². The molecule has 25 heavy (non-hydrogen) atoms. The molecule has 0 amide bonds. The Morgan fingerprint density at radius 2 is 1.72 bits per heavy atom. The number of nitrogens with zero attached hydrogens (tertiary/aromatic N) is 1. The highest BCUT2D eigenvalue weighted by atomic mass is 16.5. The summed E-state index contributed by atoms with van der Waals surface area (Å²) in [4.78, 5) is 15.1. The Bertz CT molecular complexity index is 685. The second-order valence-corrected chi connectivity index (χ2v) is 6.53. The van der Waals surface area contributed by atoms with E-state index >= 15 is 0 Å². The predicted octanol–water partition coefficient (Wildman–Crippen LogP) is 3.39. The topological polar surface area (TPSA) is 49.8 Å². The maximum atomic E-state index is 13.1. The molecule has 0 spiro atoms. The van der Waals surface area contributed by atoms with Gasteiger partial charge in [-0.3, -0.25) is 4.79 Å². The van der Waals surface area contributed by atoms with Gasteiger partial charge >= 0.3 is 5.97 Å². The number of ether oxygens (including phenoxy) is 1. The Kier molecular flexibility index (Phi) is 6.59. The number of para-hydroxylation sites is 1. The molecule has 0 bridgehead atoms. The van der Waals surface area contributed by atoms with Crippen molar-refractivity contribution in [2.24, 2.45) is 0 Å². The molecule has 1 atom stereocenters. The minimum absolute atomic E-state index is 0.206. The molecule has 0 aliphatic heterocycles. The van der Waals surface area contributed by atoms with Gasteiger partial charge in [0.1, 0.15) is 5.75 Å². The highest BCUT2D eigenvalue weighted by Gasteiger charge is 2.42. The van der Waals surface area contributed by atoms with E-state index in [9.17, 15) is 9.90 Å². The van der Waals surface area contributed by atoms with Gasteiger partial charge in [-0.2, -0.15) is 0 Å². The average Bonchev–Trinajstić information content (AvgIpc) is 2.61. The zero-order chi connectivity index (χ0) is 18.3. The molecule has 4 nitrogen and oxygen atoms in total. The minimum Gasteiger partial charge on any atom is -0.508 e. The van der Waals surface area contributed by atoms with E-state index in [-0.39, 0.29) is 11.7 Å². The van der Waals surface area contributed by atoms with Crippen LogP contribution in [0.25, 0.3) is 0 Å². The standard InChI is InChI=1S/C21H27NO3/c1-4-25-20(24)21(14-15-22(2)3,18-11-6-5-7-12-18)16-17-10-8-9-13-19(17)23/h5-13,23H,4,14-16H2,1-3H3. The van der Waals surface area contributed by atoms with Crippen LogP contribution < -0.4 is 0 Å². The van der Waals surface area contributed by atoms with Gasteiger partial charge in [-0.15, -0.1) is 0 Å². The summed E-state index contributed by atoms with van der Waals surface area (Å²) in [5.41, 5.74) is 0.831. The minimum atomic E-state index is -0.833. The normalized spacial score (nSPS) is 13.4. The highest BCUT2D eigenvalue weighted by Crippen LogP contribution is 2.36. The van der Waals surface area contributed by atoms with E-state index in [4.69, 9.17) is 4.74 Å². The summed E-state index contributed by atoms with van der Waals surface area (Å²) in [7, 11) is 3.97. The summed E-state index contributed by atoms with van der Waals surface area (Å²) in [5, 5.41) is 10.2. The van der Waals surface area contributed by atoms with Crippen LogP contribution >= 0.6 is 0 Å². The van der Waals surface area contributed by atoms with Crippen molar-refractivity contribution >= 4 is 5.97 Å². The van der Waals surface area contributed by atoms with Gasteiger partial charge in [0.05, 0.1) is 12.0 Å². The van der Waals surface area contributed by atoms with Crippen LogP contribution in [0.2, 0.25) is 0 Å². The zero-order valence-corrected chi connectivity index (χ0v) is 15.2. The number of carbonyl (C=O) groups excluding carboxylic acids is 1. The van der Waals surface area contributed by atoms with Crippen molar-refractivity contribution < 1.29 is 14.6 Å². The summed E-state index contributed by atoms with van der Waals surface area (Å²) in [6.45, 7) is 2.89. The molecule has 1 N–H and O–H groups in total. The number of aromatic hydroxyl groups is 1. The number of hydrogen-bond donors (Lipinski definition) is 1. The molecular weight excluding hydrogens is 314 g/mol. The lowest BCUT2D eigenvalue weighted by atomic mass is 9.72. The number of phenols is 1. The summed E-state index contributed by atoms with van der Waals surface area (Å²) in [5.74, 6) is -0.0386. The summed E-state index contributed by atoms with van der Waals surface area (Å²) >= 11 is 0. The molecule has 134 valence electrons. The number of rotatable bonds is 8. The van der Waals surface area contributed by atoms with Crippen molar-refractivity contribution in [3.05, 3.63) is 65.7 Å². The summed E-state index contributed by atoms with van der Waals surface area (Å²) in [6, 6.07) is 16.9. The Hall–Kier alpha value is -2.33. The molecule has 0 radical (unpaired) electrons. The van der Waals surface area contributed by atoms with Crippen LogP contribution in [-0.2, 0) is 21.4 Å². The predicted molar refractivity (Wildman–Crippen MR) is 99.7 cm³/mol. The van der Waals surface area contributed by atoms with Crippen LogP contribution in [0, 0.1) is 0 Å². The smallest absolute Gasteiger partial charge is 0.316 e. The van der Waals surface area contributed by atoms with Crippen molar-refractivity contribution in [2.45, 2.75) is 25.2 Å². The van der Waals surface area contributed by atoms with Crippen LogP contribution in [0.5, 0.6) is 5.75 Å². The fourth-order valence-corrected chi connectivity index (χ4v) is 3.05. The molecule has 2 aromatic carbocycles. The molecule has 1 unspecified atom stereocenters. The average molecular weight is 341 g/mol. The molecule has 0 fully saturated rings. The number of benzene rings is 2. The van der Waals surface area contributed by atoms with Crippen LogP contribution in [-0.4, -0.2) is 43.2 Å². The van der Waals surface area contributed by atoms with Crippen LogP contribution in [0.3, 0.4) is 0 Å². The Morgan fingerprint density at radius 1 is 1.08 bits per heavy atom. The van der Waals surface area contributed by atoms with Crippen LogP contribution in [0.1, 0.15) is 24.5 Å². The number of phenolic OH excluding ortho intramolecular Hbond substituents is 1. The third-order valence-electron chi connectivity index (χ3n) is 4.46. The van der Waals surface area contributed by atoms with Crippen LogP contribution in [0.4, 0.5) is 0 Å². The first-order chi connectivity index (χ1) is 12.0. The lowest BCUT2D eigenvalue weighted by Crippen LogP contribution is -2.42. The van der Waals surface area contributed by atoms with E-state index in [0.29, 0.717) is 19.4 Å². The fourth-order valence-electron chi connectivity index (χ4n) is 3.05. The van der Waals surface area contributed by atoms with Gasteiger partial charge < -0.3 is 14.7 Å². The lowest BCUT2D eigenvalue weighted by Gasteiger charge is -2.33. The number of carbonyl (C=O) groups is 1. The van der Waals surface area contributed by atoms with Crippen molar-refractivity contribution in [1.82, 2.24) is 4.90 Å². The highest BCUT2D eigenvalue weighted by molar-refractivity contribution is 5.84. The second kappa shape index (κ2) is 8.67. The maximum absolute atomic E-state index is 13.1. The summed E-state index contributed by atoms with van der Waals surface area (Å²) < 4.78 is 5.47. The van der Waals surface area contributed by atoms with Gasteiger partial charge in [-0.25, -0.2) is 0 Å². The third kappa shape index (κ3) is 4.60. The number of hydrogen-bond acceptors (Lipinski definition) is 4. The van der Waals surface area contributed by atoms with E-state index in [2.05, 4.69) is 4.90 Å². The molecule has 0 saturated heterocycles. The first kappa shape index (κ1) is 19.0. The van der Waals surface area contributed by atoms with E-state index in [0.717, 1.165) is 17.7 Å². The van der Waals surface area contributed by atoms with E-state index in [1.54, 1.807) is 12.1 Å². The van der Waals surface area contributed by atoms with Crippen molar-refractivity contribution in [1.29, 1.82) is 0 Å². The first-order valence-electron chi connectivity index (χ1n) is 8.64. The molecule has 4 heteroatoms. The molecule has 0 saturated carbocycles. The monoisotopic (exact) mass is 341 g/mol. The largest absolute Gasteiger partial charge is 0.508 e. The van der Waals surface area contributed by atoms with Gasteiger partial charge in [-0.1, -0.05) is 48.5 Å². The van der Waals surface area contributed by atoms with Crippen molar-refractivity contribution in [2.75, 3.05) is 27.2 Å². The molecule has 0 aliphatic rings. The quantitative estimate of drug-likeness (QED) is 0.748. The molecule has 2 rings (SSSR count). The van der Waals surface area contributed by atoms with Gasteiger partial charge in [-0.05, 0) is 57.6 Å². The first-order valence-corrected chi connectivity index (χ1v) is 8.64. The molecule has 0 aromatic heterocycles. The number of esters is 1. The summed E-state index contributed by atoms with van der Waals surface area (Å²) in [6.07, 6.45) is 1.01. The van der Waals surface area contributed by atoms with Gasteiger partial charge in [0.15, 0.2) is 0 Å². The van der Waals surface area contributed by atoms with Crippen molar-refractivity contribution in [3.63, 3.8) is 0 Å². The molecular formula is C21H27NO3. The van der Waals surface area contributed by atoms with E-state index in [1.165, 1.54) is 0 Å². The lowest BCUT2D eigenvalue weighted by molar-refractivity contribution is -0.150. The van der Waals surface area contributed by atoms with Gasteiger partial charge in [0, 0.05) is 0 Å².